The summed E-state index contributed by atoms with van der Waals surface area (Å²) in [5, 5.41) is 0. The SMILES string of the molecule is Brc1cc2c3c(c1)Oc1ccc(Br)cc1N3CC2.C.CC1(C)OB(c2cc3c4c(c2)Oc2ccc(B5OC(C)(C)C(C)(C)O5)cc2N4CC3)OC1(C)C. The van der Waals surface area contributed by atoms with Gasteiger partial charge in [0.1, 0.15) is 0 Å². The first-order valence-corrected chi connectivity index (χ1v) is 19.6. The Kier molecular flexibility index (Phi) is 8.73. The van der Waals surface area contributed by atoms with Gasteiger partial charge >= 0.3 is 14.2 Å². The first-order valence-electron chi connectivity index (χ1n) is 18.1. The van der Waals surface area contributed by atoms with Gasteiger partial charge in [0.25, 0.3) is 0 Å². The monoisotopic (exact) mass is 842 g/mol. The van der Waals surface area contributed by atoms with E-state index < -0.39 is 14.2 Å². The highest BCUT2D eigenvalue weighted by atomic mass is 79.9. The molecule has 2 saturated heterocycles. The van der Waals surface area contributed by atoms with Gasteiger partial charge in [-0.15, -0.1) is 0 Å². The summed E-state index contributed by atoms with van der Waals surface area (Å²) < 4.78 is 39.8. The van der Waals surface area contributed by atoms with Crippen molar-refractivity contribution in [2.45, 2.75) is 98.1 Å². The summed E-state index contributed by atoms with van der Waals surface area (Å²) in [7, 11) is -0.805. The Hall–Kier alpha value is -2.99. The highest BCUT2D eigenvalue weighted by Gasteiger charge is 2.53. The van der Waals surface area contributed by atoms with Crippen molar-refractivity contribution < 1.29 is 28.1 Å². The summed E-state index contributed by atoms with van der Waals surface area (Å²) >= 11 is 7.07. The van der Waals surface area contributed by atoms with Crippen LogP contribution in [-0.4, -0.2) is 49.7 Å². The highest BCUT2D eigenvalue weighted by Crippen LogP contribution is 2.53. The number of halogens is 2. The molecule has 276 valence electrons. The lowest BCUT2D eigenvalue weighted by Crippen LogP contribution is -2.41. The zero-order valence-corrected chi connectivity index (χ0v) is 34.0. The third-order valence-electron chi connectivity index (χ3n) is 12.0. The minimum absolute atomic E-state index is 0. The van der Waals surface area contributed by atoms with Crippen LogP contribution in [0.15, 0.2) is 69.6 Å². The molecule has 0 atom stereocenters. The van der Waals surface area contributed by atoms with Crippen molar-refractivity contribution >= 4 is 79.8 Å². The molecule has 0 amide bonds. The van der Waals surface area contributed by atoms with Gasteiger partial charge < -0.3 is 37.9 Å². The molecule has 0 radical (unpaired) electrons. The van der Waals surface area contributed by atoms with Gasteiger partial charge in [-0.25, -0.2) is 0 Å². The standard InChI is InChI=1S/C26H33B2NO5.C14H9Br2NO.CH4/c1-23(2)24(3,4)32-27(31-23)17-9-10-20-19(14-17)29-12-11-16-13-18(15-21(30-20)22(16)29)28-33-25(5,6)26(7,8)34-28;15-9-1-2-12-11(6-9)17-4-3-8-5-10(16)7-13(18-12)14(8)17;/h9-10,13-15H,11-12H2,1-8H3;1-2,5-7H,3-4H2;1H4. The van der Waals surface area contributed by atoms with E-state index in [-0.39, 0.29) is 29.8 Å². The van der Waals surface area contributed by atoms with Crippen molar-refractivity contribution in [3.05, 3.63) is 80.7 Å². The topological polar surface area (TPSA) is 61.9 Å². The molecule has 6 aliphatic heterocycles. The minimum Gasteiger partial charge on any atom is -0.453 e. The largest absolute Gasteiger partial charge is 0.494 e. The summed E-state index contributed by atoms with van der Waals surface area (Å²) in [5.41, 5.74) is 7.69. The second-order valence-electron chi connectivity index (χ2n) is 16.5. The van der Waals surface area contributed by atoms with Gasteiger partial charge in [0, 0.05) is 22.0 Å². The summed E-state index contributed by atoms with van der Waals surface area (Å²) in [6.45, 7) is 18.6. The lowest BCUT2D eigenvalue weighted by molar-refractivity contribution is 0.00578. The normalized spacial score (nSPS) is 21.0. The molecule has 6 aliphatic rings. The van der Waals surface area contributed by atoms with E-state index in [9.17, 15) is 0 Å². The Morgan fingerprint density at radius 2 is 0.981 bits per heavy atom. The molecule has 0 bridgehead atoms. The first-order chi connectivity index (χ1) is 24.5. The molecule has 6 heterocycles. The average molecular weight is 844 g/mol. The summed E-state index contributed by atoms with van der Waals surface area (Å²) in [6.07, 6.45) is 2.01. The van der Waals surface area contributed by atoms with Crippen LogP contribution in [0.1, 0.15) is 73.9 Å². The molecule has 10 rings (SSSR count). The highest BCUT2D eigenvalue weighted by molar-refractivity contribution is 9.10. The van der Waals surface area contributed by atoms with Crippen LogP contribution in [0.2, 0.25) is 0 Å². The Morgan fingerprint density at radius 1 is 0.509 bits per heavy atom. The van der Waals surface area contributed by atoms with E-state index in [1.165, 1.54) is 16.8 Å². The first kappa shape index (κ1) is 37.0. The maximum atomic E-state index is 6.44. The fraction of sp³-hybridized carbons (Fsp3) is 0.415. The molecular formula is C41H46B2Br2N2O6. The summed E-state index contributed by atoms with van der Waals surface area (Å²) in [4.78, 5) is 4.70. The van der Waals surface area contributed by atoms with E-state index in [0.717, 1.165) is 85.9 Å². The second-order valence-corrected chi connectivity index (χ2v) is 18.3. The fourth-order valence-electron chi connectivity index (χ4n) is 7.73. The molecule has 4 aromatic carbocycles. The maximum absolute atomic E-state index is 6.44. The summed E-state index contributed by atoms with van der Waals surface area (Å²) in [5.74, 6) is 3.57. The zero-order chi connectivity index (χ0) is 36.5. The van der Waals surface area contributed by atoms with E-state index in [2.05, 4.69) is 127 Å². The summed E-state index contributed by atoms with van der Waals surface area (Å²) in [6, 6.07) is 20.9. The molecule has 0 spiro atoms. The predicted octanol–water partition coefficient (Wildman–Crippen LogP) is 9.73. The van der Waals surface area contributed by atoms with Crippen LogP contribution in [0.3, 0.4) is 0 Å². The van der Waals surface area contributed by atoms with Crippen LogP contribution in [0, 0.1) is 0 Å². The lowest BCUT2D eigenvalue weighted by Gasteiger charge is -2.32. The maximum Gasteiger partial charge on any atom is 0.494 e. The molecule has 0 N–H and O–H groups in total. The van der Waals surface area contributed by atoms with Gasteiger partial charge in [-0.05, 0) is 139 Å². The van der Waals surface area contributed by atoms with E-state index >= 15 is 0 Å². The van der Waals surface area contributed by atoms with Gasteiger partial charge in [-0.3, -0.25) is 0 Å². The number of nitrogens with zero attached hydrogens (tertiary/aromatic N) is 2. The number of hydrogen-bond donors (Lipinski definition) is 0. The van der Waals surface area contributed by atoms with Crippen molar-refractivity contribution in [3.8, 4) is 23.0 Å². The van der Waals surface area contributed by atoms with Crippen LogP contribution >= 0.6 is 31.9 Å². The molecule has 53 heavy (non-hydrogen) atoms. The fourth-order valence-corrected chi connectivity index (χ4v) is 8.57. The molecule has 0 unspecified atom stereocenters. The number of anilines is 4. The Labute approximate surface area is 331 Å². The van der Waals surface area contributed by atoms with Gasteiger partial charge in [0.05, 0.1) is 45.2 Å². The van der Waals surface area contributed by atoms with Crippen LogP contribution in [0.4, 0.5) is 22.7 Å². The van der Waals surface area contributed by atoms with Crippen LogP contribution in [0.5, 0.6) is 23.0 Å². The zero-order valence-electron chi connectivity index (χ0n) is 30.9. The van der Waals surface area contributed by atoms with Gasteiger partial charge in [0.15, 0.2) is 23.0 Å². The second kappa shape index (κ2) is 12.5. The van der Waals surface area contributed by atoms with Crippen LogP contribution in [0.25, 0.3) is 0 Å². The van der Waals surface area contributed by atoms with E-state index in [1.807, 2.05) is 30.3 Å². The molecule has 12 heteroatoms. The van der Waals surface area contributed by atoms with Gasteiger partial charge in [0.2, 0.25) is 0 Å². The van der Waals surface area contributed by atoms with Crippen molar-refractivity contribution in [3.63, 3.8) is 0 Å². The Balaban J connectivity index is 0.000000177. The molecule has 0 aliphatic carbocycles. The quantitative estimate of drug-likeness (QED) is 0.185. The number of benzene rings is 4. The third kappa shape index (κ3) is 5.94. The van der Waals surface area contributed by atoms with Crippen molar-refractivity contribution in [2.24, 2.45) is 0 Å². The van der Waals surface area contributed by atoms with Crippen LogP contribution < -0.4 is 30.2 Å². The van der Waals surface area contributed by atoms with Crippen LogP contribution in [-0.2, 0) is 31.5 Å². The van der Waals surface area contributed by atoms with E-state index in [4.69, 9.17) is 28.1 Å². The molecule has 8 nitrogen and oxygen atoms in total. The lowest BCUT2D eigenvalue weighted by atomic mass is 9.77. The number of fused-ring (bicyclic) bond motifs is 4. The van der Waals surface area contributed by atoms with Gasteiger partial charge in [-0.1, -0.05) is 51.4 Å². The smallest absolute Gasteiger partial charge is 0.453 e. The minimum atomic E-state index is -0.406. The molecule has 0 saturated carbocycles. The number of hydrogen-bond acceptors (Lipinski definition) is 8. The number of ether oxygens (including phenoxy) is 2. The van der Waals surface area contributed by atoms with E-state index in [0.29, 0.717) is 0 Å². The van der Waals surface area contributed by atoms with Crippen molar-refractivity contribution in [2.75, 3.05) is 22.9 Å². The van der Waals surface area contributed by atoms with Gasteiger partial charge in [-0.2, -0.15) is 0 Å². The average Bonchev–Trinajstić information content (AvgIpc) is 3.80. The number of rotatable bonds is 2. The molecule has 0 aromatic heterocycles. The molecule has 4 aromatic rings. The third-order valence-corrected chi connectivity index (χ3v) is 13.0. The molecule has 2 fully saturated rings. The van der Waals surface area contributed by atoms with Crippen molar-refractivity contribution in [1.29, 1.82) is 0 Å². The predicted molar refractivity (Wildman–Crippen MR) is 221 cm³/mol. The Bertz CT molecular complexity index is 2130. The van der Waals surface area contributed by atoms with Crippen molar-refractivity contribution in [1.82, 2.24) is 0 Å². The molecular weight excluding hydrogens is 798 g/mol. The van der Waals surface area contributed by atoms with E-state index in [1.54, 1.807) is 0 Å². The Morgan fingerprint density at radius 3 is 1.55 bits per heavy atom.